The van der Waals surface area contributed by atoms with E-state index in [4.69, 9.17) is 15.2 Å². The highest BCUT2D eigenvalue weighted by molar-refractivity contribution is 6.22. The predicted octanol–water partition coefficient (Wildman–Crippen LogP) is 5.54. The summed E-state index contributed by atoms with van der Waals surface area (Å²) < 4.78 is 11.9. The molecule has 5 heteroatoms. The highest BCUT2D eigenvalue weighted by Crippen LogP contribution is 2.40. The van der Waals surface area contributed by atoms with Crippen LogP contribution in [-0.4, -0.2) is 49.1 Å². The Bertz CT molecular complexity index is 948. The van der Waals surface area contributed by atoms with Gasteiger partial charge >= 0.3 is 0 Å². The number of hydrogen-bond donors (Lipinski definition) is 1. The maximum atomic E-state index is 13.1. The van der Waals surface area contributed by atoms with Crippen LogP contribution in [0.25, 0.3) is 11.1 Å². The lowest BCUT2D eigenvalue weighted by Crippen LogP contribution is -2.45. The molecule has 1 unspecified atom stereocenters. The molecule has 1 aliphatic carbocycles. The number of carbonyl (C=O) groups excluding carboxylic acids is 1. The van der Waals surface area contributed by atoms with Crippen molar-refractivity contribution in [1.82, 2.24) is 4.90 Å². The molecule has 3 rings (SSSR count). The Morgan fingerprint density at radius 1 is 0.848 bits per heavy atom. The maximum absolute atomic E-state index is 13.1. The number of rotatable bonds is 13. The van der Waals surface area contributed by atoms with E-state index < -0.39 is 0 Å². The van der Waals surface area contributed by atoms with E-state index in [1.807, 2.05) is 36.4 Å². The Labute approximate surface area is 199 Å². The minimum Gasteiger partial charge on any atom is -0.494 e. The SMILES string of the molecule is CCN(CC)CCOc1ccc2c(c1)C(=O)c1cc(OCCC(C)C(N)(CC)CC)ccc1-2. The minimum absolute atomic E-state index is 0.0333. The zero-order valence-electron chi connectivity index (χ0n) is 20.9. The predicted molar refractivity (Wildman–Crippen MR) is 135 cm³/mol. The van der Waals surface area contributed by atoms with Crippen LogP contribution >= 0.6 is 0 Å². The highest BCUT2D eigenvalue weighted by Gasteiger charge is 2.29. The molecule has 0 radical (unpaired) electrons. The molecule has 0 spiro atoms. The summed E-state index contributed by atoms with van der Waals surface area (Å²) in [5.41, 5.74) is 9.70. The van der Waals surface area contributed by atoms with Gasteiger partial charge < -0.3 is 20.1 Å². The Balaban J connectivity index is 1.63. The normalized spacial score (nSPS) is 13.7. The van der Waals surface area contributed by atoms with Gasteiger partial charge in [0.15, 0.2) is 5.78 Å². The molecular weight excluding hydrogens is 412 g/mol. The monoisotopic (exact) mass is 452 g/mol. The van der Waals surface area contributed by atoms with Crippen LogP contribution in [-0.2, 0) is 0 Å². The van der Waals surface area contributed by atoms with Crippen LogP contribution in [0.4, 0.5) is 0 Å². The van der Waals surface area contributed by atoms with E-state index in [1.54, 1.807) is 0 Å². The zero-order chi connectivity index (χ0) is 24.0. The second-order valence-electron chi connectivity index (χ2n) is 9.10. The number of hydrogen-bond acceptors (Lipinski definition) is 5. The molecule has 1 atom stereocenters. The summed E-state index contributed by atoms with van der Waals surface area (Å²) in [6, 6.07) is 11.6. The molecule has 2 aromatic rings. The molecule has 0 aromatic heterocycles. The fourth-order valence-electron chi connectivity index (χ4n) is 4.64. The third-order valence-corrected chi connectivity index (χ3v) is 7.45. The summed E-state index contributed by atoms with van der Waals surface area (Å²) in [4.78, 5) is 15.4. The third-order valence-electron chi connectivity index (χ3n) is 7.45. The maximum Gasteiger partial charge on any atom is 0.194 e. The third kappa shape index (κ3) is 5.59. The molecular formula is C28H40N2O3. The molecule has 180 valence electrons. The van der Waals surface area contributed by atoms with Crippen molar-refractivity contribution in [3.63, 3.8) is 0 Å². The van der Waals surface area contributed by atoms with Crippen LogP contribution < -0.4 is 15.2 Å². The summed E-state index contributed by atoms with van der Waals surface area (Å²) in [7, 11) is 0. The van der Waals surface area contributed by atoms with Crippen LogP contribution in [0.2, 0.25) is 0 Å². The van der Waals surface area contributed by atoms with Crippen LogP contribution in [0.15, 0.2) is 36.4 Å². The summed E-state index contributed by atoms with van der Waals surface area (Å²) in [5, 5.41) is 0. The van der Waals surface area contributed by atoms with Gasteiger partial charge in [0.05, 0.1) is 6.61 Å². The summed E-state index contributed by atoms with van der Waals surface area (Å²) in [6.45, 7) is 14.9. The first kappa shape index (κ1) is 25.3. The van der Waals surface area contributed by atoms with Gasteiger partial charge in [-0.15, -0.1) is 0 Å². The second kappa shape index (κ2) is 11.2. The largest absolute Gasteiger partial charge is 0.494 e. The first-order valence-corrected chi connectivity index (χ1v) is 12.5. The van der Waals surface area contributed by atoms with Gasteiger partial charge in [-0.1, -0.05) is 34.6 Å². The molecule has 1 aliphatic rings. The summed E-state index contributed by atoms with van der Waals surface area (Å²) in [5.74, 6) is 1.87. The van der Waals surface area contributed by atoms with Crippen molar-refractivity contribution in [2.75, 3.05) is 32.8 Å². The van der Waals surface area contributed by atoms with Crippen molar-refractivity contribution in [3.8, 4) is 22.6 Å². The minimum atomic E-state index is -0.149. The molecule has 0 heterocycles. The number of fused-ring (bicyclic) bond motifs is 3. The van der Waals surface area contributed by atoms with Crippen molar-refractivity contribution >= 4 is 5.78 Å². The number of likely N-dealkylation sites (N-methyl/N-ethyl adjacent to an activating group) is 1. The summed E-state index contributed by atoms with van der Waals surface area (Å²) in [6.07, 6.45) is 2.80. The molecule has 2 N–H and O–H groups in total. The number of ether oxygens (including phenoxy) is 2. The van der Waals surface area contributed by atoms with Crippen molar-refractivity contribution in [2.45, 2.75) is 59.4 Å². The van der Waals surface area contributed by atoms with Crippen LogP contribution in [0, 0.1) is 5.92 Å². The van der Waals surface area contributed by atoms with Crippen molar-refractivity contribution in [2.24, 2.45) is 11.7 Å². The first-order valence-electron chi connectivity index (χ1n) is 12.5. The van der Waals surface area contributed by atoms with Crippen LogP contribution in [0.5, 0.6) is 11.5 Å². The standard InChI is InChI=1S/C28H40N2O3/c1-6-28(29,7-2)20(5)14-16-32-21-10-12-23-24-13-11-22(33-17-15-30(8-3)9-4)19-26(24)27(31)25(23)18-21/h10-13,18-20H,6-9,14-17,29H2,1-5H3. The molecule has 0 fully saturated rings. The van der Waals surface area contributed by atoms with E-state index >= 15 is 0 Å². The van der Waals surface area contributed by atoms with Crippen molar-refractivity contribution < 1.29 is 14.3 Å². The molecule has 0 bridgehead atoms. The lowest BCUT2D eigenvalue weighted by Gasteiger charge is -2.33. The van der Waals surface area contributed by atoms with E-state index in [0.717, 1.165) is 61.5 Å². The van der Waals surface area contributed by atoms with Crippen molar-refractivity contribution in [3.05, 3.63) is 47.5 Å². The second-order valence-corrected chi connectivity index (χ2v) is 9.10. The number of benzene rings is 2. The Morgan fingerprint density at radius 2 is 1.36 bits per heavy atom. The first-order chi connectivity index (χ1) is 15.9. The quantitative estimate of drug-likeness (QED) is 0.369. The zero-order valence-corrected chi connectivity index (χ0v) is 20.9. The molecule has 2 aromatic carbocycles. The van der Waals surface area contributed by atoms with Gasteiger partial charge in [-0.05, 0) is 85.8 Å². The Morgan fingerprint density at radius 3 is 1.85 bits per heavy atom. The van der Waals surface area contributed by atoms with Gasteiger partial charge in [0.25, 0.3) is 0 Å². The number of ketones is 1. The smallest absolute Gasteiger partial charge is 0.194 e. The summed E-state index contributed by atoms with van der Waals surface area (Å²) >= 11 is 0. The van der Waals surface area contributed by atoms with E-state index in [9.17, 15) is 4.79 Å². The van der Waals surface area contributed by atoms with E-state index in [0.29, 0.717) is 30.3 Å². The molecule has 0 saturated heterocycles. The number of nitrogens with zero attached hydrogens (tertiary/aromatic N) is 1. The lowest BCUT2D eigenvalue weighted by atomic mass is 9.80. The Hall–Kier alpha value is -2.37. The lowest BCUT2D eigenvalue weighted by molar-refractivity contribution is 0.104. The van der Waals surface area contributed by atoms with Gasteiger partial charge in [-0.3, -0.25) is 4.79 Å². The fraction of sp³-hybridized carbons (Fsp3) is 0.536. The average molecular weight is 453 g/mol. The van der Waals surface area contributed by atoms with E-state index in [2.05, 4.69) is 39.5 Å². The molecule has 33 heavy (non-hydrogen) atoms. The average Bonchev–Trinajstić information content (AvgIpc) is 3.12. The molecule has 0 aliphatic heterocycles. The number of carbonyl (C=O) groups is 1. The molecule has 0 saturated carbocycles. The Kier molecular flexibility index (Phi) is 8.55. The van der Waals surface area contributed by atoms with Crippen LogP contribution in [0.1, 0.15) is 69.8 Å². The van der Waals surface area contributed by atoms with E-state index in [-0.39, 0.29) is 11.3 Å². The van der Waals surface area contributed by atoms with Crippen molar-refractivity contribution in [1.29, 1.82) is 0 Å². The molecule has 0 amide bonds. The van der Waals surface area contributed by atoms with Gasteiger partial charge in [0, 0.05) is 23.2 Å². The van der Waals surface area contributed by atoms with Gasteiger partial charge in [-0.25, -0.2) is 0 Å². The van der Waals surface area contributed by atoms with E-state index in [1.165, 1.54) is 0 Å². The number of nitrogens with two attached hydrogens (primary N) is 1. The highest BCUT2D eigenvalue weighted by atomic mass is 16.5. The van der Waals surface area contributed by atoms with Crippen LogP contribution in [0.3, 0.4) is 0 Å². The van der Waals surface area contributed by atoms with Gasteiger partial charge in [0.1, 0.15) is 18.1 Å². The topological polar surface area (TPSA) is 64.8 Å². The van der Waals surface area contributed by atoms with Gasteiger partial charge in [0.2, 0.25) is 0 Å². The fourth-order valence-corrected chi connectivity index (χ4v) is 4.64. The molecule has 5 nitrogen and oxygen atoms in total. The van der Waals surface area contributed by atoms with Gasteiger partial charge in [-0.2, -0.15) is 0 Å².